The van der Waals surface area contributed by atoms with Crippen LogP contribution < -0.4 is 0 Å². The average molecular weight is 206 g/mol. The van der Waals surface area contributed by atoms with E-state index in [1.807, 2.05) is 0 Å². The van der Waals surface area contributed by atoms with Crippen LogP contribution in [0.25, 0.3) is 11.4 Å². The largest absolute Gasteiger partial charge is 0.388 e. The van der Waals surface area contributed by atoms with Gasteiger partial charge in [-0.25, -0.2) is 4.39 Å². The van der Waals surface area contributed by atoms with Crippen molar-refractivity contribution in [3.63, 3.8) is 0 Å². The highest BCUT2D eigenvalue weighted by molar-refractivity contribution is 5.53. The fourth-order valence-electron chi connectivity index (χ4n) is 1.03. The minimum atomic E-state index is -0.327. The molecule has 0 aliphatic carbocycles. The molecule has 2 rings (SSSR count). The van der Waals surface area contributed by atoms with Gasteiger partial charge in [-0.3, -0.25) is 0 Å². The summed E-state index contributed by atoms with van der Waals surface area (Å²) in [7, 11) is 0. The van der Waals surface area contributed by atoms with E-state index in [0.29, 0.717) is 11.4 Å². The molecule has 1 aromatic carbocycles. The third-order valence-corrected chi connectivity index (χ3v) is 1.76. The van der Waals surface area contributed by atoms with Crippen LogP contribution in [0, 0.1) is 5.82 Å². The molecule has 1 heterocycles. The van der Waals surface area contributed by atoms with E-state index in [2.05, 4.69) is 20.4 Å². The maximum absolute atomic E-state index is 12.6. The normalized spacial score (nSPS) is 10.3. The zero-order valence-electron chi connectivity index (χ0n) is 7.63. The lowest BCUT2D eigenvalue weighted by molar-refractivity contribution is 0.267. The van der Waals surface area contributed by atoms with Gasteiger partial charge in [-0.2, -0.15) is 0 Å². The number of benzene rings is 1. The summed E-state index contributed by atoms with van der Waals surface area (Å²) in [5, 5.41) is 23.4. The van der Waals surface area contributed by atoms with Crippen LogP contribution in [0.3, 0.4) is 0 Å². The summed E-state index contributed by atoms with van der Waals surface area (Å²) in [6, 6.07) is 5.68. The van der Waals surface area contributed by atoms with Crippen LogP contribution >= 0.6 is 0 Å². The van der Waals surface area contributed by atoms with Crippen molar-refractivity contribution in [1.29, 1.82) is 0 Å². The van der Waals surface area contributed by atoms with Gasteiger partial charge in [0.25, 0.3) is 0 Å². The SMILES string of the molecule is OCc1nnc(-c2ccc(F)cc2)nn1. The standard InChI is InChI=1S/C9H7FN4O/c10-7-3-1-6(2-4-7)9-13-11-8(5-15)12-14-9/h1-4,15H,5H2. The highest BCUT2D eigenvalue weighted by Gasteiger charge is 2.03. The second-order valence-corrected chi connectivity index (χ2v) is 2.80. The monoisotopic (exact) mass is 206 g/mol. The first-order chi connectivity index (χ1) is 7.29. The molecule has 1 N–H and O–H groups in total. The van der Waals surface area contributed by atoms with Gasteiger partial charge >= 0.3 is 0 Å². The molecule has 5 nitrogen and oxygen atoms in total. The number of nitrogens with zero attached hydrogens (tertiary/aromatic N) is 4. The molecule has 1 aromatic heterocycles. The summed E-state index contributed by atoms with van der Waals surface area (Å²) in [4.78, 5) is 0. The zero-order chi connectivity index (χ0) is 10.7. The van der Waals surface area contributed by atoms with Gasteiger partial charge in [0.2, 0.25) is 5.82 Å². The molecule has 0 radical (unpaired) electrons. The summed E-state index contributed by atoms with van der Waals surface area (Å²) < 4.78 is 12.6. The number of hydrogen-bond donors (Lipinski definition) is 1. The molecule has 0 fully saturated rings. The Morgan fingerprint density at radius 1 is 1.00 bits per heavy atom. The highest BCUT2D eigenvalue weighted by Crippen LogP contribution is 2.12. The van der Waals surface area contributed by atoms with Crippen molar-refractivity contribution in [2.24, 2.45) is 0 Å². The Balaban J connectivity index is 2.33. The van der Waals surface area contributed by atoms with E-state index in [0.717, 1.165) is 0 Å². The maximum atomic E-state index is 12.6. The van der Waals surface area contributed by atoms with Crippen LogP contribution in [-0.4, -0.2) is 25.5 Å². The van der Waals surface area contributed by atoms with Crippen LogP contribution in [0.2, 0.25) is 0 Å². The van der Waals surface area contributed by atoms with Crippen molar-refractivity contribution in [3.8, 4) is 11.4 Å². The van der Waals surface area contributed by atoms with Crippen molar-refractivity contribution in [1.82, 2.24) is 20.4 Å². The molecule has 0 bridgehead atoms. The smallest absolute Gasteiger partial charge is 0.203 e. The van der Waals surface area contributed by atoms with E-state index in [1.165, 1.54) is 24.3 Å². The Hall–Kier alpha value is -1.95. The first-order valence-electron chi connectivity index (χ1n) is 4.22. The van der Waals surface area contributed by atoms with Gasteiger partial charge in [-0.05, 0) is 24.3 Å². The van der Waals surface area contributed by atoms with Gasteiger partial charge in [0.1, 0.15) is 12.4 Å². The number of aliphatic hydroxyl groups excluding tert-OH is 1. The second-order valence-electron chi connectivity index (χ2n) is 2.80. The molecule has 15 heavy (non-hydrogen) atoms. The van der Waals surface area contributed by atoms with Crippen molar-refractivity contribution in [2.75, 3.05) is 0 Å². The van der Waals surface area contributed by atoms with Gasteiger partial charge in [0.05, 0.1) is 0 Å². The van der Waals surface area contributed by atoms with Crippen molar-refractivity contribution >= 4 is 0 Å². The average Bonchev–Trinajstić information content (AvgIpc) is 2.30. The van der Waals surface area contributed by atoms with E-state index >= 15 is 0 Å². The Labute approximate surface area is 84.6 Å². The number of rotatable bonds is 2. The first kappa shape index (κ1) is 9.60. The maximum Gasteiger partial charge on any atom is 0.203 e. The number of aliphatic hydroxyl groups is 1. The molecule has 6 heteroatoms. The number of hydrogen-bond acceptors (Lipinski definition) is 5. The highest BCUT2D eigenvalue weighted by atomic mass is 19.1. The molecule has 76 valence electrons. The molecule has 0 unspecified atom stereocenters. The van der Waals surface area contributed by atoms with Gasteiger partial charge in [0.15, 0.2) is 5.82 Å². The fraction of sp³-hybridized carbons (Fsp3) is 0.111. The molecule has 2 aromatic rings. The van der Waals surface area contributed by atoms with Crippen molar-refractivity contribution < 1.29 is 9.50 Å². The first-order valence-corrected chi connectivity index (χ1v) is 4.22. The molecule has 0 atom stereocenters. The van der Waals surface area contributed by atoms with Gasteiger partial charge in [-0.15, -0.1) is 20.4 Å². The van der Waals surface area contributed by atoms with E-state index < -0.39 is 0 Å². The van der Waals surface area contributed by atoms with Crippen LogP contribution in [-0.2, 0) is 6.61 Å². The van der Waals surface area contributed by atoms with Gasteiger partial charge in [-0.1, -0.05) is 0 Å². The summed E-state index contributed by atoms with van der Waals surface area (Å²) in [5.41, 5.74) is 0.626. The minimum absolute atomic E-state index is 0.154. The van der Waals surface area contributed by atoms with Crippen molar-refractivity contribution in [3.05, 3.63) is 35.9 Å². The second kappa shape index (κ2) is 4.05. The summed E-state index contributed by atoms with van der Waals surface area (Å²) in [5.74, 6) is 0.125. The molecule has 0 aliphatic heterocycles. The quantitative estimate of drug-likeness (QED) is 0.777. The van der Waals surface area contributed by atoms with Crippen LogP contribution in [0.4, 0.5) is 4.39 Å². The lowest BCUT2D eigenvalue weighted by Gasteiger charge is -1.97. The number of aromatic nitrogens is 4. The topological polar surface area (TPSA) is 71.8 Å². The number of halogens is 1. The summed E-state index contributed by atoms with van der Waals surface area (Å²) >= 11 is 0. The van der Waals surface area contributed by atoms with E-state index in [4.69, 9.17) is 5.11 Å². The molecule has 0 saturated carbocycles. The predicted octanol–water partition coefficient (Wildman–Crippen LogP) is 0.565. The van der Waals surface area contributed by atoms with Crippen LogP contribution in [0.5, 0.6) is 0 Å². The lowest BCUT2D eigenvalue weighted by atomic mass is 10.2. The van der Waals surface area contributed by atoms with E-state index in [-0.39, 0.29) is 18.2 Å². The Kier molecular flexibility index (Phi) is 2.59. The van der Waals surface area contributed by atoms with Crippen LogP contribution in [0.15, 0.2) is 24.3 Å². The minimum Gasteiger partial charge on any atom is -0.388 e. The van der Waals surface area contributed by atoms with Gasteiger partial charge < -0.3 is 5.11 Å². The van der Waals surface area contributed by atoms with E-state index in [1.54, 1.807) is 0 Å². The zero-order valence-corrected chi connectivity index (χ0v) is 7.63. The molecular formula is C9H7FN4O. The Morgan fingerprint density at radius 3 is 2.13 bits per heavy atom. The lowest BCUT2D eigenvalue weighted by Crippen LogP contribution is -2.02. The Morgan fingerprint density at radius 2 is 1.60 bits per heavy atom. The summed E-state index contributed by atoms with van der Waals surface area (Å²) in [6.45, 7) is -0.302. The molecule has 0 saturated heterocycles. The third-order valence-electron chi connectivity index (χ3n) is 1.76. The Bertz CT molecular complexity index is 443. The molecule has 0 amide bonds. The fourth-order valence-corrected chi connectivity index (χ4v) is 1.03. The molecule has 0 aliphatic rings. The van der Waals surface area contributed by atoms with Gasteiger partial charge in [0, 0.05) is 5.56 Å². The predicted molar refractivity (Wildman–Crippen MR) is 48.9 cm³/mol. The molecular weight excluding hydrogens is 199 g/mol. The molecule has 0 spiro atoms. The summed E-state index contributed by atoms with van der Waals surface area (Å²) in [6.07, 6.45) is 0. The van der Waals surface area contributed by atoms with Crippen molar-refractivity contribution in [2.45, 2.75) is 6.61 Å². The van der Waals surface area contributed by atoms with Crippen LogP contribution in [0.1, 0.15) is 5.82 Å². The van der Waals surface area contributed by atoms with E-state index in [9.17, 15) is 4.39 Å². The third kappa shape index (κ3) is 2.10.